The highest BCUT2D eigenvalue weighted by Gasteiger charge is 2.38. The van der Waals surface area contributed by atoms with Gasteiger partial charge in [0.05, 0.1) is 21.7 Å². The van der Waals surface area contributed by atoms with Gasteiger partial charge in [0, 0.05) is 6.61 Å². The summed E-state index contributed by atoms with van der Waals surface area (Å²) in [4.78, 5) is 0. The molecule has 1 heterocycles. The van der Waals surface area contributed by atoms with Gasteiger partial charge in [-0.2, -0.15) is 0 Å². The second-order valence-electron chi connectivity index (χ2n) is 4.93. The Balaban J connectivity index is 2.31. The highest BCUT2D eigenvalue weighted by molar-refractivity contribution is 6.42. The Bertz CT molecular complexity index is 416. The largest absolute Gasteiger partial charge is 0.373 e. The maximum Gasteiger partial charge on any atom is 0.0849 e. The van der Waals surface area contributed by atoms with Crippen LogP contribution < -0.4 is 5.32 Å². The number of hydrogen-bond donors (Lipinski definition) is 1. The number of halogens is 2. The summed E-state index contributed by atoms with van der Waals surface area (Å²) in [6, 6.07) is 5.96. The van der Waals surface area contributed by atoms with Gasteiger partial charge in [0.25, 0.3) is 0 Å². The van der Waals surface area contributed by atoms with E-state index in [4.69, 9.17) is 27.9 Å². The first-order valence-electron chi connectivity index (χ1n) is 6.39. The van der Waals surface area contributed by atoms with E-state index in [1.165, 1.54) is 0 Å². The number of ether oxygens (including phenoxy) is 1. The first-order chi connectivity index (χ1) is 8.57. The van der Waals surface area contributed by atoms with Gasteiger partial charge in [-0.05, 0) is 44.0 Å². The Kier molecular flexibility index (Phi) is 4.54. The molecule has 1 aliphatic heterocycles. The summed E-state index contributed by atoms with van der Waals surface area (Å²) in [5.74, 6) is 0. The number of hydrogen-bond acceptors (Lipinski definition) is 2. The minimum Gasteiger partial charge on any atom is -0.373 e. The summed E-state index contributed by atoms with van der Waals surface area (Å²) < 4.78 is 5.94. The minimum absolute atomic E-state index is 0.153. The maximum atomic E-state index is 6.11. The molecule has 18 heavy (non-hydrogen) atoms. The molecule has 4 heteroatoms. The first kappa shape index (κ1) is 14.1. The van der Waals surface area contributed by atoms with Gasteiger partial charge in [-0.1, -0.05) is 36.2 Å². The molecule has 0 radical (unpaired) electrons. The predicted molar refractivity (Wildman–Crippen MR) is 76.5 cm³/mol. The second-order valence-corrected chi connectivity index (χ2v) is 5.74. The first-order valence-corrected chi connectivity index (χ1v) is 7.14. The fourth-order valence-electron chi connectivity index (χ4n) is 2.61. The van der Waals surface area contributed by atoms with Gasteiger partial charge in [0.15, 0.2) is 0 Å². The number of benzene rings is 1. The van der Waals surface area contributed by atoms with Crippen LogP contribution in [0.2, 0.25) is 10.0 Å². The second kappa shape index (κ2) is 5.79. The highest BCUT2D eigenvalue weighted by atomic mass is 35.5. The fourth-order valence-corrected chi connectivity index (χ4v) is 2.92. The maximum absolute atomic E-state index is 6.11. The molecule has 0 aliphatic carbocycles. The van der Waals surface area contributed by atoms with Crippen LogP contribution in [-0.4, -0.2) is 18.8 Å². The van der Waals surface area contributed by atoms with E-state index in [9.17, 15) is 0 Å². The van der Waals surface area contributed by atoms with Crippen molar-refractivity contribution < 1.29 is 4.74 Å². The molecule has 1 fully saturated rings. The van der Waals surface area contributed by atoms with Crippen molar-refractivity contribution in [3.8, 4) is 0 Å². The molecule has 1 aliphatic rings. The van der Waals surface area contributed by atoms with E-state index in [2.05, 4.69) is 19.2 Å². The van der Waals surface area contributed by atoms with Gasteiger partial charge in [0.2, 0.25) is 0 Å². The average Bonchev–Trinajstić information content (AvgIpc) is 2.78. The van der Waals surface area contributed by atoms with Crippen LogP contribution in [0.15, 0.2) is 18.2 Å². The molecule has 1 aromatic carbocycles. The lowest BCUT2D eigenvalue weighted by atomic mass is 9.87. The molecule has 2 atom stereocenters. The van der Waals surface area contributed by atoms with E-state index in [1.807, 2.05) is 18.2 Å². The minimum atomic E-state index is -0.160. The van der Waals surface area contributed by atoms with Crippen molar-refractivity contribution in [1.29, 1.82) is 0 Å². The lowest BCUT2D eigenvalue weighted by molar-refractivity contribution is -0.0120. The van der Waals surface area contributed by atoms with Gasteiger partial charge in [0.1, 0.15) is 0 Å². The third-order valence-corrected chi connectivity index (χ3v) is 4.28. The van der Waals surface area contributed by atoms with Gasteiger partial charge < -0.3 is 10.1 Å². The summed E-state index contributed by atoms with van der Waals surface area (Å²) in [5, 5.41) is 4.69. The Morgan fingerprint density at radius 1 is 1.39 bits per heavy atom. The van der Waals surface area contributed by atoms with E-state index in [0.717, 1.165) is 31.6 Å². The normalized spacial score (nSPS) is 25.3. The molecule has 2 nitrogen and oxygen atoms in total. The summed E-state index contributed by atoms with van der Waals surface area (Å²) in [6.07, 6.45) is 2.17. The van der Waals surface area contributed by atoms with Gasteiger partial charge in [-0.3, -0.25) is 0 Å². The molecule has 1 saturated heterocycles. The molecule has 1 aromatic rings. The molecule has 0 bridgehead atoms. The summed E-state index contributed by atoms with van der Waals surface area (Å²) >= 11 is 12.1. The van der Waals surface area contributed by atoms with Crippen molar-refractivity contribution in [2.45, 2.75) is 38.3 Å². The smallest absolute Gasteiger partial charge is 0.0849 e. The topological polar surface area (TPSA) is 21.3 Å². The highest BCUT2D eigenvalue weighted by Crippen LogP contribution is 2.38. The molecule has 2 rings (SSSR count). The van der Waals surface area contributed by atoms with Gasteiger partial charge in [-0.15, -0.1) is 0 Å². The van der Waals surface area contributed by atoms with Gasteiger partial charge >= 0.3 is 0 Å². The zero-order valence-electron chi connectivity index (χ0n) is 10.8. The molecule has 0 spiro atoms. The van der Waals surface area contributed by atoms with Crippen LogP contribution in [0.5, 0.6) is 0 Å². The number of likely N-dealkylation sites (N-methyl/N-ethyl adjacent to an activating group) is 1. The zero-order valence-corrected chi connectivity index (χ0v) is 12.3. The fraction of sp³-hybridized carbons (Fsp3) is 0.571. The monoisotopic (exact) mass is 287 g/mol. The van der Waals surface area contributed by atoms with Crippen LogP contribution in [0.3, 0.4) is 0 Å². The number of rotatable bonds is 4. The van der Waals surface area contributed by atoms with Crippen LogP contribution in [-0.2, 0) is 4.74 Å². The van der Waals surface area contributed by atoms with E-state index in [1.54, 1.807) is 0 Å². The molecule has 100 valence electrons. The quantitative estimate of drug-likeness (QED) is 0.896. The molecular formula is C14H19Cl2NO. The molecule has 1 N–H and O–H groups in total. The summed E-state index contributed by atoms with van der Waals surface area (Å²) in [5.41, 5.74) is 0.975. The summed E-state index contributed by atoms with van der Waals surface area (Å²) in [7, 11) is 0. The average molecular weight is 288 g/mol. The van der Waals surface area contributed by atoms with E-state index >= 15 is 0 Å². The lowest BCUT2D eigenvalue weighted by Crippen LogP contribution is -2.41. The predicted octanol–water partition coefficient (Wildman–Crippen LogP) is 4.21. The van der Waals surface area contributed by atoms with Crippen molar-refractivity contribution in [3.05, 3.63) is 33.8 Å². The third-order valence-electron chi connectivity index (χ3n) is 3.55. The SMILES string of the molecule is CCNC(c1ccc(Cl)c(Cl)c1)C1(C)CCCO1. The summed E-state index contributed by atoms with van der Waals surface area (Å²) in [6.45, 7) is 5.99. The Morgan fingerprint density at radius 3 is 2.72 bits per heavy atom. The van der Waals surface area contributed by atoms with Crippen molar-refractivity contribution in [2.75, 3.05) is 13.2 Å². The molecule has 2 unspecified atom stereocenters. The standard InChI is InChI=1S/C14H19Cl2NO/c1-3-17-13(14(2)7-4-8-18-14)10-5-6-11(15)12(16)9-10/h5-6,9,13,17H,3-4,7-8H2,1-2H3. The van der Waals surface area contributed by atoms with Crippen LogP contribution in [0.4, 0.5) is 0 Å². The Labute approximate surface area is 119 Å². The lowest BCUT2D eigenvalue weighted by Gasteiger charge is -2.34. The molecule has 0 saturated carbocycles. The van der Waals surface area contributed by atoms with Gasteiger partial charge in [-0.25, -0.2) is 0 Å². The van der Waals surface area contributed by atoms with Crippen LogP contribution in [0.1, 0.15) is 38.3 Å². The Hall–Kier alpha value is -0.280. The molecule has 0 amide bonds. The van der Waals surface area contributed by atoms with E-state index in [0.29, 0.717) is 10.0 Å². The van der Waals surface area contributed by atoms with E-state index < -0.39 is 0 Å². The van der Waals surface area contributed by atoms with Crippen LogP contribution in [0, 0.1) is 0 Å². The van der Waals surface area contributed by atoms with E-state index in [-0.39, 0.29) is 11.6 Å². The van der Waals surface area contributed by atoms with Crippen molar-refractivity contribution in [3.63, 3.8) is 0 Å². The molecular weight excluding hydrogens is 269 g/mol. The van der Waals surface area contributed by atoms with Crippen molar-refractivity contribution in [2.24, 2.45) is 0 Å². The zero-order chi connectivity index (χ0) is 13.2. The third kappa shape index (κ3) is 2.83. The Morgan fingerprint density at radius 2 is 2.17 bits per heavy atom. The molecule has 0 aromatic heterocycles. The number of nitrogens with one attached hydrogen (secondary N) is 1. The van der Waals surface area contributed by atoms with Crippen molar-refractivity contribution >= 4 is 23.2 Å². The van der Waals surface area contributed by atoms with Crippen LogP contribution in [0.25, 0.3) is 0 Å². The van der Waals surface area contributed by atoms with Crippen LogP contribution >= 0.6 is 23.2 Å². The van der Waals surface area contributed by atoms with Crippen molar-refractivity contribution in [1.82, 2.24) is 5.32 Å².